The van der Waals surface area contributed by atoms with Crippen molar-refractivity contribution in [1.82, 2.24) is 4.98 Å². The number of carbonyl (C=O) groups is 1. The number of nitrogens with zero attached hydrogens (tertiary/aromatic N) is 1. The van der Waals surface area contributed by atoms with E-state index in [0.717, 1.165) is 6.39 Å². The van der Waals surface area contributed by atoms with Crippen molar-refractivity contribution in [2.45, 2.75) is 6.61 Å². The summed E-state index contributed by atoms with van der Waals surface area (Å²) in [5.74, 6) is 0.0809. The Bertz CT molecular complexity index is 549. The standard InChI is InChI=1S/C12H11NO5/c1-16-8-4-2-3-5-9(8)17-6-10-11(12(14)15)13-7-18-10/h2-5,7H,6H2,1H3,(H,14,15). The van der Waals surface area contributed by atoms with Crippen LogP contribution < -0.4 is 9.47 Å². The zero-order valence-electron chi connectivity index (χ0n) is 9.62. The number of hydrogen-bond donors (Lipinski definition) is 1. The number of oxazole rings is 1. The summed E-state index contributed by atoms with van der Waals surface area (Å²) in [5, 5.41) is 8.85. The molecule has 0 aliphatic carbocycles. The summed E-state index contributed by atoms with van der Waals surface area (Å²) in [7, 11) is 1.53. The molecule has 0 unspecified atom stereocenters. The van der Waals surface area contributed by atoms with Crippen LogP contribution in [0.3, 0.4) is 0 Å². The molecule has 1 aromatic heterocycles. The molecule has 0 fully saturated rings. The first-order valence-electron chi connectivity index (χ1n) is 5.14. The zero-order valence-corrected chi connectivity index (χ0v) is 9.62. The van der Waals surface area contributed by atoms with Crippen LogP contribution in [0.25, 0.3) is 0 Å². The number of rotatable bonds is 5. The predicted molar refractivity (Wildman–Crippen MR) is 60.8 cm³/mol. The summed E-state index contributed by atoms with van der Waals surface area (Å²) in [5.41, 5.74) is -0.148. The van der Waals surface area contributed by atoms with Crippen molar-refractivity contribution in [3.05, 3.63) is 42.1 Å². The maximum Gasteiger partial charge on any atom is 0.358 e. The molecule has 0 radical (unpaired) electrons. The summed E-state index contributed by atoms with van der Waals surface area (Å²) in [6.07, 6.45) is 1.07. The molecule has 0 amide bonds. The first kappa shape index (κ1) is 12.0. The van der Waals surface area contributed by atoms with Gasteiger partial charge >= 0.3 is 5.97 Å². The van der Waals surface area contributed by atoms with Crippen LogP contribution in [0.5, 0.6) is 11.5 Å². The number of hydrogen-bond acceptors (Lipinski definition) is 5. The normalized spacial score (nSPS) is 10.1. The fourth-order valence-corrected chi connectivity index (χ4v) is 1.43. The Morgan fingerprint density at radius 1 is 1.39 bits per heavy atom. The number of aromatic nitrogens is 1. The Balaban J connectivity index is 2.11. The third kappa shape index (κ3) is 2.42. The molecule has 0 saturated carbocycles. The highest BCUT2D eigenvalue weighted by atomic mass is 16.5. The van der Waals surface area contributed by atoms with Crippen molar-refractivity contribution in [3.63, 3.8) is 0 Å². The van der Waals surface area contributed by atoms with Crippen molar-refractivity contribution in [3.8, 4) is 11.5 Å². The van der Waals surface area contributed by atoms with Crippen molar-refractivity contribution in [2.24, 2.45) is 0 Å². The van der Waals surface area contributed by atoms with E-state index in [2.05, 4.69) is 4.98 Å². The molecule has 1 heterocycles. The number of benzene rings is 1. The number of ether oxygens (including phenoxy) is 2. The summed E-state index contributed by atoms with van der Waals surface area (Å²) in [4.78, 5) is 14.4. The number of aromatic carboxylic acids is 1. The SMILES string of the molecule is COc1ccccc1OCc1ocnc1C(=O)O. The van der Waals surface area contributed by atoms with Gasteiger partial charge in [-0.15, -0.1) is 0 Å². The molecule has 1 N–H and O–H groups in total. The maximum atomic E-state index is 10.8. The van der Waals surface area contributed by atoms with Crippen LogP contribution in [0, 0.1) is 0 Å². The molecule has 0 aliphatic heterocycles. The van der Waals surface area contributed by atoms with Crippen LogP contribution in [0.4, 0.5) is 0 Å². The highest BCUT2D eigenvalue weighted by molar-refractivity contribution is 5.86. The summed E-state index contributed by atoms with van der Waals surface area (Å²) >= 11 is 0. The Labute approximate surface area is 103 Å². The first-order chi connectivity index (χ1) is 8.72. The van der Waals surface area contributed by atoms with Gasteiger partial charge in [-0.1, -0.05) is 12.1 Å². The van der Waals surface area contributed by atoms with Crippen LogP contribution in [0.2, 0.25) is 0 Å². The fraction of sp³-hybridized carbons (Fsp3) is 0.167. The predicted octanol–water partition coefficient (Wildman–Crippen LogP) is 1.96. The minimum atomic E-state index is -1.15. The van der Waals surface area contributed by atoms with Crippen LogP contribution in [-0.4, -0.2) is 23.2 Å². The van der Waals surface area contributed by atoms with E-state index in [-0.39, 0.29) is 18.1 Å². The Hall–Kier alpha value is -2.50. The molecule has 94 valence electrons. The largest absolute Gasteiger partial charge is 0.493 e. The number of carboxylic acids is 1. The minimum Gasteiger partial charge on any atom is -0.493 e. The molecule has 0 saturated heterocycles. The van der Waals surface area contributed by atoms with Gasteiger partial charge in [0.05, 0.1) is 7.11 Å². The lowest BCUT2D eigenvalue weighted by molar-refractivity contribution is 0.0686. The number of carboxylic acid groups (broad SMARTS) is 1. The van der Waals surface area contributed by atoms with E-state index in [0.29, 0.717) is 11.5 Å². The van der Waals surface area contributed by atoms with Crippen LogP contribution in [-0.2, 0) is 6.61 Å². The van der Waals surface area contributed by atoms with E-state index in [9.17, 15) is 4.79 Å². The Morgan fingerprint density at radius 3 is 2.78 bits per heavy atom. The molecule has 6 heteroatoms. The molecule has 18 heavy (non-hydrogen) atoms. The summed E-state index contributed by atoms with van der Waals surface area (Å²) in [6, 6.07) is 7.06. The third-order valence-electron chi connectivity index (χ3n) is 2.27. The van der Waals surface area contributed by atoms with Gasteiger partial charge in [0.25, 0.3) is 0 Å². The van der Waals surface area contributed by atoms with E-state index in [1.807, 2.05) is 6.07 Å². The van der Waals surface area contributed by atoms with E-state index < -0.39 is 5.97 Å². The Kier molecular flexibility index (Phi) is 3.47. The zero-order chi connectivity index (χ0) is 13.0. The molecule has 2 aromatic rings. The molecular formula is C12H11NO5. The van der Waals surface area contributed by atoms with Gasteiger partial charge in [-0.2, -0.15) is 0 Å². The van der Waals surface area contributed by atoms with Gasteiger partial charge in [0.1, 0.15) is 6.61 Å². The lowest BCUT2D eigenvalue weighted by Gasteiger charge is -2.08. The van der Waals surface area contributed by atoms with Gasteiger partial charge in [0, 0.05) is 0 Å². The van der Waals surface area contributed by atoms with Gasteiger partial charge in [-0.05, 0) is 12.1 Å². The van der Waals surface area contributed by atoms with E-state index in [1.54, 1.807) is 18.2 Å². The topological polar surface area (TPSA) is 81.8 Å². The lowest BCUT2D eigenvalue weighted by Crippen LogP contribution is -2.04. The van der Waals surface area contributed by atoms with Crippen molar-refractivity contribution in [2.75, 3.05) is 7.11 Å². The lowest BCUT2D eigenvalue weighted by atomic mass is 10.3. The second-order valence-electron chi connectivity index (χ2n) is 3.37. The summed E-state index contributed by atoms with van der Waals surface area (Å²) in [6.45, 7) is -0.0258. The van der Waals surface area contributed by atoms with E-state index in [1.165, 1.54) is 7.11 Å². The second kappa shape index (κ2) is 5.22. The van der Waals surface area contributed by atoms with Crippen LogP contribution in [0.1, 0.15) is 16.2 Å². The van der Waals surface area contributed by atoms with E-state index >= 15 is 0 Å². The van der Waals surface area contributed by atoms with Gasteiger partial charge in [0.15, 0.2) is 29.3 Å². The molecule has 0 atom stereocenters. The summed E-state index contributed by atoms with van der Waals surface area (Å²) < 4.78 is 15.5. The van der Waals surface area contributed by atoms with Gasteiger partial charge < -0.3 is 19.0 Å². The van der Waals surface area contributed by atoms with Gasteiger partial charge in [-0.3, -0.25) is 0 Å². The fourth-order valence-electron chi connectivity index (χ4n) is 1.43. The number of para-hydroxylation sites is 2. The molecule has 0 aliphatic rings. The molecule has 0 bridgehead atoms. The van der Waals surface area contributed by atoms with Crippen molar-refractivity contribution >= 4 is 5.97 Å². The van der Waals surface area contributed by atoms with Crippen LogP contribution >= 0.6 is 0 Å². The number of methoxy groups -OCH3 is 1. The average molecular weight is 249 g/mol. The average Bonchev–Trinajstić information content (AvgIpc) is 2.85. The van der Waals surface area contributed by atoms with Crippen molar-refractivity contribution in [1.29, 1.82) is 0 Å². The molecular weight excluding hydrogens is 238 g/mol. The molecule has 1 aromatic carbocycles. The van der Waals surface area contributed by atoms with Gasteiger partial charge in [-0.25, -0.2) is 9.78 Å². The minimum absolute atomic E-state index is 0.0258. The smallest absolute Gasteiger partial charge is 0.358 e. The third-order valence-corrected chi connectivity index (χ3v) is 2.27. The maximum absolute atomic E-state index is 10.8. The Morgan fingerprint density at radius 2 is 2.11 bits per heavy atom. The quantitative estimate of drug-likeness (QED) is 0.872. The molecule has 6 nitrogen and oxygen atoms in total. The monoisotopic (exact) mass is 249 g/mol. The van der Waals surface area contributed by atoms with Gasteiger partial charge in [0.2, 0.25) is 0 Å². The molecule has 0 spiro atoms. The second-order valence-corrected chi connectivity index (χ2v) is 3.37. The molecule has 2 rings (SSSR count). The highest BCUT2D eigenvalue weighted by Crippen LogP contribution is 2.26. The van der Waals surface area contributed by atoms with Crippen LogP contribution in [0.15, 0.2) is 35.1 Å². The highest BCUT2D eigenvalue weighted by Gasteiger charge is 2.16. The first-order valence-corrected chi connectivity index (χ1v) is 5.14. The van der Waals surface area contributed by atoms with Crippen molar-refractivity contribution < 1.29 is 23.8 Å². The van der Waals surface area contributed by atoms with E-state index in [4.69, 9.17) is 19.0 Å².